The van der Waals surface area contributed by atoms with Crippen molar-refractivity contribution < 1.29 is 4.92 Å². The summed E-state index contributed by atoms with van der Waals surface area (Å²) in [4.78, 5) is 13.3. The highest BCUT2D eigenvalue weighted by Crippen LogP contribution is 2.24. The monoisotopic (exact) mass is 353 g/mol. The first-order valence-electron chi connectivity index (χ1n) is 9.30. The highest BCUT2D eigenvalue weighted by Gasteiger charge is 2.22. The van der Waals surface area contributed by atoms with E-state index in [0.717, 1.165) is 38.0 Å². The van der Waals surface area contributed by atoms with Crippen LogP contribution in [0.25, 0.3) is 0 Å². The van der Waals surface area contributed by atoms with Crippen molar-refractivity contribution in [2.24, 2.45) is 0 Å². The van der Waals surface area contributed by atoms with Crippen LogP contribution in [0.5, 0.6) is 0 Å². The summed E-state index contributed by atoms with van der Waals surface area (Å²) < 4.78 is 0. The van der Waals surface area contributed by atoms with Crippen LogP contribution in [-0.2, 0) is 6.54 Å². The van der Waals surface area contributed by atoms with Gasteiger partial charge < -0.3 is 5.32 Å². The number of likely N-dealkylation sites (tertiary alicyclic amines) is 1. The van der Waals surface area contributed by atoms with Gasteiger partial charge in [-0.25, -0.2) is 0 Å². The molecular weight excluding hydrogens is 326 g/mol. The minimum Gasteiger partial charge on any atom is -0.307 e. The first kappa shape index (κ1) is 18.5. The van der Waals surface area contributed by atoms with E-state index in [9.17, 15) is 10.1 Å². The van der Waals surface area contributed by atoms with Crippen LogP contribution >= 0.6 is 0 Å². The van der Waals surface area contributed by atoms with E-state index in [0.29, 0.717) is 11.6 Å². The molecule has 0 spiro atoms. The van der Waals surface area contributed by atoms with Gasteiger partial charge in [0.25, 0.3) is 5.69 Å². The molecule has 2 aromatic carbocycles. The molecule has 1 fully saturated rings. The Bertz CT molecular complexity index is 740. The van der Waals surface area contributed by atoms with Gasteiger partial charge in [0.1, 0.15) is 0 Å². The zero-order chi connectivity index (χ0) is 18.5. The molecule has 1 saturated heterocycles. The molecular formula is C21H27N3O2. The van der Waals surface area contributed by atoms with Crippen molar-refractivity contribution in [3.05, 3.63) is 75.3 Å². The van der Waals surface area contributed by atoms with E-state index in [-0.39, 0.29) is 16.7 Å². The fourth-order valence-electron chi connectivity index (χ4n) is 3.64. The van der Waals surface area contributed by atoms with Crippen LogP contribution in [-0.4, -0.2) is 29.0 Å². The Hall–Kier alpha value is -2.24. The molecule has 0 radical (unpaired) electrons. The maximum Gasteiger partial charge on any atom is 0.272 e. The van der Waals surface area contributed by atoms with Crippen LogP contribution < -0.4 is 5.32 Å². The van der Waals surface area contributed by atoms with Gasteiger partial charge in [0.2, 0.25) is 0 Å². The molecule has 0 saturated carbocycles. The molecule has 1 aliphatic heterocycles. The number of hydrogen-bond acceptors (Lipinski definition) is 4. The number of rotatable bonds is 6. The van der Waals surface area contributed by atoms with Gasteiger partial charge >= 0.3 is 0 Å². The summed E-state index contributed by atoms with van der Waals surface area (Å²) in [6.07, 6.45) is 2.20. The SMILES string of the molecule is Cc1ccc(C(C)NC2CCN(Cc3ccccc3)CC2)cc1[N+](=O)[O-]. The Labute approximate surface area is 155 Å². The number of nitro benzene ring substituents is 1. The summed E-state index contributed by atoms with van der Waals surface area (Å²) in [5.41, 5.74) is 3.25. The summed E-state index contributed by atoms with van der Waals surface area (Å²) in [6, 6.07) is 16.7. The normalized spacial score (nSPS) is 17.2. The molecule has 0 aromatic heterocycles. The molecule has 3 rings (SSSR count). The van der Waals surface area contributed by atoms with Gasteiger partial charge in [-0.3, -0.25) is 15.0 Å². The van der Waals surface area contributed by atoms with Crippen molar-refractivity contribution in [3.8, 4) is 0 Å². The molecule has 0 bridgehead atoms. The first-order valence-corrected chi connectivity index (χ1v) is 9.30. The summed E-state index contributed by atoms with van der Waals surface area (Å²) >= 11 is 0. The smallest absolute Gasteiger partial charge is 0.272 e. The summed E-state index contributed by atoms with van der Waals surface area (Å²) in [6.45, 7) is 7.03. The second-order valence-corrected chi connectivity index (χ2v) is 7.23. The van der Waals surface area contributed by atoms with Crippen molar-refractivity contribution in [2.75, 3.05) is 13.1 Å². The molecule has 26 heavy (non-hydrogen) atoms. The lowest BCUT2D eigenvalue weighted by Crippen LogP contribution is -2.42. The minimum absolute atomic E-state index is 0.111. The van der Waals surface area contributed by atoms with Gasteiger partial charge in [0.05, 0.1) is 4.92 Å². The molecule has 5 heteroatoms. The number of nitrogens with zero attached hydrogens (tertiary/aromatic N) is 2. The Morgan fingerprint density at radius 1 is 1.19 bits per heavy atom. The second-order valence-electron chi connectivity index (χ2n) is 7.23. The van der Waals surface area contributed by atoms with E-state index < -0.39 is 0 Å². The number of aryl methyl sites for hydroxylation is 1. The lowest BCUT2D eigenvalue weighted by atomic mass is 10.00. The molecule has 1 unspecified atom stereocenters. The Kier molecular flexibility index (Phi) is 6.01. The van der Waals surface area contributed by atoms with E-state index in [4.69, 9.17) is 0 Å². The number of piperidine rings is 1. The summed E-state index contributed by atoms with van der Waals surface area (Å²) in [5.74, 6) is 0. The highest BCUT2D eigenvalue weighted by molar-refractivity contribution is 5.43. The largest absolute Gasteiger partial charge is 0.307 e. The molecule has 1 aliphatic rings. The molecule has 1 N–H and O–H groups in total. The van der Waals surface area contributed by atoms with Gasteiger partial charge in [-0.1, -0.05) is 42.5 Å². The molecule has 2 aromatic rings. The quantitative estimate of drug-likeness (QED) is 0.624. The third kappa shape index (κ3) is 4.68. The lowest BCUT2D eigenvalue weighted by Gasteiger charge is -2.34. The molecule has 5 nitrogen and oxygen atoms in total. The van der Waals surface area contributed by atoms with Crippen molar-refractivity contribution in [3.63, 3.8) is 0 Å². The maximum absolute atomic E-state index is 11.2. The molecule has 138 valence electrons. The predicted molar refractivity (Wildman–Crippen MR) is 104 cm³/mol. The Balaban J connectivity index is 1.53. The maximum atomic E-state index is 11.2. The van der Waals surface area contributed by atoms with Crippen molar-refractivity contribution >= 4 is 5.69 Å². The predicted octanol–water partition coefficient (Wildman–Crippen LogP) is 4.22. The van der Waals surface area contributed by atoms with Crippen molar-refractivity contribution in [1.82, 2.24) is 10.2 Å². The van der Waals surface area contributed by atoms with Gasteiger partial charge in [-0.05, 0) is 50.9 Å². The summed E-state index contributed by atoms with van der Waals surface area (Å²) in [5, 5.41) is 14.8. The molecule has 1 heterocycles. The molecule has 0 amide bonds. The van der Waals surface area contributed by atoms with E-state index in [2.05, 4.69) is 47.5 Å². The van der Waals surface area contributed by atoms with Crippen LogP contribution in [0.4, 0.5) is 5.69 Å². The summed E-state index contributed by atoms with van der Waals surface area (Å²) in [7, 11) is 0. The van der Waals surface area contributed by atoms with Gasteiger partial charge in [-0.2, -0.15) is 0 Å². The molecule has 0 aliphatic carbocycles. The van der Waals surface area contributed by atoms with Gasteiger partial charge in [-0.15, -0.1) is 0 Å². The number of nitrogens with one attached hydrogen (secondary N) is 1. The fraction of sp³-hybridized carbons (Fsp3) is 0.429. The second kappa shape index (κ2) is 8.43. The van der Waals surface area contributed by atoms with Crippen molar-refractivity contribution in [2.45, 2.75) is 45.3 Å². The van der Waals surface area contributed by atoms with Crippen LogP contribution in [0.3, 0.4) is 0 Å². The highest BCUT2D eigenvalue weighted by atomic mass is 16.6. The average Bonchev–Trinajstić information content (AvgIpc) is 2.64. The van der Waals surface area contributed by atoms with Gasteiger partial charge in [0.15, 0.2) is 0 Å². The number of hydrogen-bond donors (Lipinski definition) is 1. The molecule has 1 atom stereocenters. The minimum atomic E-state index is -0.298. The van der Waals surface area contributed by atoms with E-state index in [1.165, 1.54) is 5.56 Å². The first-order chi connectivity index (χ1) is 12.5. The van der Waals surface area contributed by atoms with E-state index in [1.54, 1.807) is 13.0 Å². The van der Waals surface area contributed by atoms with Crippen LogP contribution in [0.2, 0.25) is 0 Å². The third-order valence-corrected chi connectivity index (χ3v) is 5.25. The fourth-order valence-corrected chi connectivity index (χ4v) is 3.64. The topological polar surface area (TPSA) is 58.4 Å². The standard InChI is InChI=1S/C21H27N3O2/c1-16-8-9-19(14-21(16)24(25)26)17(2)22-20-10-12-23(13-11-20)15-18-6-4-3-5-7-18/h3-9,14,17,20,22H,10-13,15H2,1-2H3. The van der Waals surface area contributed by atoms with Crippen LogP contribution in [0.1, 0.15) is 42.5 Å². The Morgan fingerprint density at radius 3 is 2.54 bits per heavy atom. The number of benzene rings is 2. The lowest BCUT2D eigenvalue weighted by molar-refractivity contribution is -0.385. The van der Waals surface area contributed by atoms with E-state index >= 15 is 0 Å². The van der Waals surface area contributed by atoms with Crippen molar-refractivity contribution in [1.29, 1.82) is 0 Å². The zero-order valence-electron chi connectivity index (χ0n) is 15.5. The zero-order valence-corrected chi connectivity index (χ0v) is 15.5. The van der Waals surface area contributed by atoms with E-state index in [1.807, 2.05) is 12.1 Å². The third-order valence-electron chi connectivity index (χ3n) is 5.25. The van der Waals surface area contributed by atoms with Crippen LogP contribution in [0, 0.1) is 17.0 Å². The van der Waals surface area contributed by atoms with Crippen LogP contribution in [0.15, 0.2) is 48.5 Å². The van der Waals surface area contributed by atoms with Gasteiger partial charge in [0, 0.05) is 30.3 Å². The Morgan fingerprint density at radius 2 is 1.88 bits per heavy atom. The average molecular weight is 353 g/mol. The number of nitro groups is 1.